The molecule has 1 aromatic carbocycles. The Bertz CT molecular complexity index is 648. The zero-order valence-electron chi connectivity index (χ0n) is 15.5. The molecule has 1 aromatic rings. The Hall–Kier alpha value is -1.14. The summed E-state index contributed by atoms with van der Waals surface area (Å²) in [6.45, 7) is 4.59. The van der Waals surface area contributed by atoms with Crippen LogP contribution in [0.15, 0.2) is 30.3 Å². The molecule has 0 heterocycles. The molecule has 0 aliphatic heterocycles. The lowest BCUT2D eigenvalue weighted by atomic mass is 10.3. The van der Waals surface area contributed by atoms with Crippen LogP contribution in [0.3, 0.4) is 0 Å². The summed E-state index contributed by atoms with van der Waals surface area (Å²) in [5.74, 6) is 0.645. The first-order valence-electron chi connectivity index (χ1n) is 8.51. The molecule has 11 heteroatoms. The van der Waals surface area contributed by atoms with Crippen molar-refractivity contribution in [3.05, 3.63) is 30.3 Å². The normalized spacial score (nSPS) is 14.1. The molecule has 0 aliphatic rings. The van der Waals surface area contributed by atoms with Gasteiger partial charge in [0.25, 0.3) is 9.84 Å². The molecule has 0 amide bonds. The minimum atomic E-state index is -5.50. The van der Waals surface area contributed by atoms with E-state index >= 15 is 0 Å². The van der Waals surface area contributed by atoms with Gasteiger partial charge in [-0.05, 0) is 39.3 Å². The molecule has 0 aliphatic carbocycles. The molecule has 6 nitrogen and oxygen atoms in total. The lowest BCUT2D eigenvalue weighted by molar-refractivity contribution is -0.0484. The number of halogens is 3. The first-order valence-corrected chi connectivity index (χ1v) is 12.0. The molecule has 0 spiro atoms. The Balaban J connectivity index is 2.81. The molecule has 27 heavy (non-hydrogen) atoms. The van der Waals surface area contributed by atoms with E-state index in [0.717, 1.165) is 6.92 Å². The monoisotopic (exact) mass is 430 g/mol. The van der Waals surface area contributed by atoms with E-state index in [1.165, 1.54) is 0 Å². The lowest BCUT2D eigenvalue weighted by Gasteiger charge is -2.31. The number of alkyl halides is 3. The van der Waals surface area contributed by atoms with Gasteiger partial charge < -0.3 is 18.0 Å². The zero-order valence-corrected chi connectivity index (χ0v) is 17.3. The van der Waals surface area contributed by atoms with Crippen molar-refractivity contribution in [1.29, 1.82) is 0 Å². The average molecular weight is 431 g/mol. The van der Waals surface area contributed by atoms with Crippen molar-refractivity contribution in [2.24, 2.45) is 0 Å². The predicted octanol–water partition coefficient (Wildman–Crippen LogP) is 3.76. The SMILES string of the molecule is CCO[Si](CCCOc1ccccc1)(OCC)OC(C)S(=O)(=O)C(F)(F)F. The summed E-state index contributed by atoms with van der Waals surface area (Å²) in [7, 11) is -9.14. The van der Waals surface area contributed by atoms with Crippen LogP contribution in [0, 0.1) is 0 Å². The third-order valence-electron chi connectivity index (χ3n) is 3.47. The summed E-state index contributed by atoms with van der Waals surface area (Å²) in [5.41, 5.74) is -7.54. The molecule has 1 rings (SSSR count). The van der Waals surface area contributed by atoms with Crippen LogP contribution < -0.4 is 4.74 Å². The number of sulfone groups is 1. The summed E-state index contributed by atoms with van der Waals surface area (Å²) in [4.78, 5) is 0. The molecule has 0 fully saturated rings. The maximum atomic E-state index is 12.8. The van der Waals surface area contributed by atoms with Crippen molar-refractivity contribution in [1.82, 2.24) is 0 Å². The van der Waals surface area contributed by atoms with Gasteiger partial charge in [0.05, 0.1) is 6.61 Å². The Kier molecular flexibility index (Phi) is 9.22. The number of rotatable bonds is 12. The Morgan fingerprint density at radius 3 is 2.11 bits per heavy atom. The fourth-order valence-electron chi connectivity index (χ4n) is 2.25. The quantitative estimate of drug-likeness (QED) is 0.371. The summed E-state index contributed by atoms with van der Waals surface area (Å²) < 4.78 is 83.3. The van der Waals surface area contributed by atoms with E-state index in [2.05, 4.69) is 0 Å². The number of ether oxygens (including phenoxy) is 1. The molecular formula is C16H25F3O6SSi. The van der Waals surface area contributed by atoms with E-state index in [1.54, 1.807) is 26.0 Å². The van der Waals surface area contributed by atoms with E-state index < -0.39 is 29.6 Å². The van der Waals surface area contributed by atoms with Crippen LogP contribution in [0.1, 0.15) is 27.2 Å². The van der Waals surface area contributed by atoms with Gasteiger partial charge in [-0.1, -0.05) is 18.2 Å². The van der Waals surface area contributed by atoms with Crippen LogP contribution in [0.5, 0.6) is 5.75 Å². The van der Waals surface area contributed by atoms with Gasteiger partial charge in [-0.15, -0.1) is 0 Å². The Labute approximate surface area is 158 Å². The largest absolute Gasteiger partial charge is 0.502 e. The topological polar surface area (TPSA) is 71.1 Å². The predicted molar refractivity (Wildman–Crippen MR) is 95.9 cm³/mol. The van der Waals surface area contributed by atoms with Gasteiger partial charge in [-0.3, -0.25) is 0 Å². The van der Waals surface area contributed by atoms with Crippen LogP contribution >= 0.6 is 0 Å². The van der Waals surface area contributed by atoms with Crippen molar-refractivity contribution in [3.63, 3.8) is 0 Å². The number of para-hydroxylation sites is 1. The molecule has 1 atom stereocenters. The van der Waals surface area contributed by atoms with E-state index in [-0.39, 0.29) is 25.9 Å². The molecular weight excluding hydrogens is 405 g/mol. The Morgan fingerprint density at radius 1 is 1.07 bits per heavy atom. The van der Waals surface area contributed by atoms with Crippen LogP contribution in [0.2, 0.25) is 6.04 Å². The Morgan fingerprint density at radius 2 is 1.63 bits per heavy atom. The first kappa shape index (κ1) is 23.9. The number of benzene rings is 1. The standard InChI is InChI=1S/C16H25F3O6SSi/c1-4-23-27(24-5-2,25-14(3)26(20,21)16(17,18)19)13-9-12-22-15-10-7-6-8-11-15/h6-8,10-11,14H,4-5,9,12-13H2,1-3H3. The fraction of sp³-hybridized carbons (Fsp3) is 0.625. The van der Waals surface area contributed by atoms with Crippen molar-refractivity contribution >= 4 is 18.6 Å². The molecule has 0 aromatic heterocycles. The second-order valence-electron chi connectivity index (χ2n) is 5.49. The highest BCUT2D eigenvalue weighted by molar-refractivity contribution is 7.92. The van der Waals surface area contributed by atoms with Gasteiger partial charge in [0.15, 0.2) is 5.44 Å². The zero-order chi connectivity index (χ0) is 20.6. The third kappa shape index (κ3) is 7.07. The molecule has 1 unspecified atom stereocenters. The molecule has 156 valence electrons. The van der Waals surface area contributed by atoms with Gasteiger partial charge >= 0.3 is 14.3 Å². The molecule has 0 radical (unpaired) electrons. The highest BCUT2D eigenvalue weighted by atomic mass is 32.2. The van der Waals surface area contributed by atoms with Gasteiger partial charge in [0, 0.05) is 19.3 Å². The summed E-state index contributed by atoms with van der Waals surface area (Å²) >= 11 is 0. The van der Waals surface area contributed by atoms with E-state index in [4.69, 9.17) is 18.0 Å². The van der Waals surface area contributed by atoms with Gasteiger partial charge in [0.1, 0.15) is 5.75 Å². The van der Waals surface area contributed by atoms with Gasteiger partial charge in [0.2, 0.25) is 0 Å². The van der Waals surface area contributed by atoms with E-state index in [0.29, 0.717) is 12.2 Å². The van der Waals surface area contributed by atoms with Crippen molar-refractivity contribution in [2.45, 2.75) is 44.2 Å². The minimum absolute atomic E-state index is 0.116. The maximum Gasteiger partial charge on any atom is 0.502 e. The summed E-state index contributed by atoms with van der Waals surface area (Å²) in [5, 5.41) is 0. The lowest BCUT2D eigenvalue weighted by Crippen LogP contribution is -2.51. The average Bonchev–Trinajstić information content (AvgIpc) is 2.59. The molecule has 0 saturated carbocycles. The number of hydrogen-bond donors (Lipinski definition) is 0. The number of hydrogen-bond acceptors (Lipinski definition) is 6. The maximum absolute atomic E-state index is 12.8. The van der Waals surface area contributed by atoms with Crippen LogP contribution in [-0.4, -0.2) is 48.0 Å². The van der Waals surface area contributed by atoms with Crippen molar-refractivity contribution in [2.75, 3.05) is 19.8 Å². The fourth-order valence-corrected chi connectivity index (χ4v) is 6.16. The van der Waals surface area contributed by atoms with E-state index in [1.807, 2.05) is 18.2 Å². The summed E-state index contributed by atoms with van der Waals surface area (Å²) in [6, 6.07) is 9.11. The summed E-state index contributed by atoms with van der Waals surface area (Å²) in [6.07, 6.45) is 0.361. The minimum Gasteiger partial charge on any atom is -0.494 e. The van der Waals surface area contributed by atoms with Crippen LogP contribution in [0.4, 0.5) is 13.2 Å². The first-order chi connectivity index (χ1) is 12.6. The van der Waals surface area contributed by atoms with Crippen molar-refractivity contribution in [3.8, 4) is 5.75 Å². The second kappa shape index (κ2) is 10.4. The highest BCUT2D eigenvalue weighted by Crippen LogP contribution is 2.31. The van der Waals surface area contributed by atoms with Crippen LogP contribution in [-0.2, 0) is 23.1 Å². The van der Waals surface area contributed by atoms with Gasteiger partial charge in [-0.25, -0.2) is 8.42 Å². The highest BCUT2D eigenvalue weighted by Gasteiger charge is 2.53. The molecule has 0 bridgehead atoms. The molecule has 0 N–H and O–H groups in total. The third-order valence-corrected chi connectivity index (χ3v) is 8.39. The van der Waals surface area contributed by atoms with Crippen molar-refractivity contribution < 1.29 is 39.6 Å². The van der Waals surface area contributed by atoms with Gasteiger partial charge in [-0.2, -0.15) is 13.2 Å². The van der Waals surface area contributed by atoms with Crippen LogP contribution in [0.25, 0.3) is 0 Å². The molecule has 0 saturated heterocycles. The van der Waals surface area contributed by atoms with E-state index in [9.17, 15) is 21.6 Å². The second-order valence-corrected chi connectivity index (χ2v) is 10.4. The smallest absolute Gasteiger partial charge is 0.494 e.